The molecular weight excluding hydrogens is 152 g/mol. The zero-order valence-corrected chi connectivity index (χ0v) is 5.41. The zero-order chi connectivity index (χ0) is 6.69. The van der Waals surface area contributed by atoms with Gasteiger partial charge in [0.05, 0.1) is 6.10 Å². The van der Waals surface area contributed by atoms with Gasteiger partial charge in [0, 0.05) is 0 Å². The van der Waals surface area contributed by atoms with Crippen LogP contribution in [0.1, 0.15) is 18.6 Å². The molecule has 0 aromatic heterocycles. The molecule has 0 saturated carbocycles. The minimum atomic E-state index is -0.341. The van der Waals surface area contributed by atoms with Crippen molar-refractivity contribution < 1.29 is 5.11 Å². The van der Waals surface area contributed by atoms with Gasteiger partial charge in [-0.05, 0) is 12.5 Å². The molecule has 1 nitrogen and oxygen atoms in total. The quantitative estimate of drug-likeness (QED) is 0.609. The Balaban J connectivity index is 0.000000810. The SMILES string of the molecule is CC(O)c1ccccc1.[CaH2]. The topological polar surface area (TPSA) is 20.2 Å². The van der Waals surface area contributed by atoms with Crippen molar-refractivity contribution in [3.05, 3.63) is 35.9 Å². The maximum atomic E-state index is 9.02. The van der Waals surface area contributed by atoms with Crippen molar-refractivity contribution in [3.63, 3.8) is 0 Å². The first-order valence-electron chi connectivity index (χ1n) is 3.03. The summed E-state index contributed by atoms with van der Waals surface area (Å²) in [7, 11) is 0. The Labute approximate surface area is 91.1 Å². The number of aliphatic hydroxyl groups is 1. The Bertz CT molecular complexity index is 172. The third kappa shape index (κ3) is 3.02. The molecule has 0 fully saturated rings. The van der Waals surface area contributed by atoms with E-state index in [-0.39, 0.29) is 43.8 Å². The molecule has 10 heavy (non-hydrogen) atoms. The Morgan fingerprint density at radius 2 is 1.70 bits per heavy atom. The Morgan fingerprint density at radius 1 is 1.20 bits per heavy atom. The van der Waals surface area contributed by atoms with Crippen LogP contribution in [0.3, 0.4) is 0 Å². The summed E-state index contributed by atoms with van der Waals surface area (Å²) in [6, 6.07) is 9.59. The first kappa shape index (κ1) is 10.4. The third-order valence-electron chi connectivity index (χ3n) is 1.28. The fourth-order valence-corrected chi connectivity index (χ4v) is 0.732. The summed E-state index contributed by atoms with van der Waals surface area (Å²) < 4.78 is 0. The monoisotopic (exact) mass is 164 g/mol. The van der Waals surface area contributed by atoms with Gasteiger partial charge < -0.3 is 5.11 Å². The van der Waals surface area contributed by atoms with E-state index in [0.717, 1.165) is 5.56 Å². The van der Waals surface area contributed by atoms with E-state index < -0.39 is 0 Å². The summed E-state index contributed by atoms with van der Waals surface area (Å²) in [6.45, 7) is 1.76. The normalized spacial score (nSPS) is 11.8. The first-order valence-corrected chi connectivity index (χ1v) is 3.03. The van der Waals surface area contributed by atoms with Crippen LogP contribution in [0.25, 0.3) is 0 Å². The van der Waals surface area contributed by atoms with Gasteiger partial charge in [0.25, 0.3) is 0 Å². The summed E-state index contributed by atoms with van der Waals surface area (Å²) in [6.07, 6.45) is -0.341. The molecule has 0 aliphatic carbocycles. The van der Waals surface area contributed by atoms with Gasteiger partial charge >= 0.3 is 37.7 Å². The fraction of sp³-hybridized carbons (Fsp3) is 0.250. The van der Waals surface area contributed by atoms with Crippen molar-refractivity contribution in [1.29, 1.82) is 0 Å². The molecule has 0 heterocycles. The third-order valence-corrected chi connectivity index (χ3v) is 1.28. The average Bonchev–Trinajstić information content (AvgIpc) is 1.90. The van der Waals surface area contributed by atoms with Crippen molar-refractivity contribution in [2.24, 2.45) is 0 Å². The van der Waals surface area contributed by atoms with Crippen LogP contribution >= 0.6 is 0 Å². The van der Waals surface area contributed by atoms with Gasteiger partial charge in [-0.2, -0.15) is 0 Å². The van der Waals surface area contributed by atoms with E-state index in [1.165, 1.54) is 0 Å². The van der Waals surface area contributed by atoms with Gasteiger partial charge in [0.15, 0.2) is 0 Å². The van der Waals surface area contributed by atoms with E-state index in [4.69, 9.17) is 5.11 Å². The van der Waals surface area contributed by atoms with Gasteiger partial charge in [0.1, 0.15) is 0 Å². The summed E-state index contributed by atoms with van der Waals surface area (Å²) >= 11 is 0. The molecule has 0 spiro atoms. The van der Waals surface area contributed by atoms with Crippen LogP contribution in [-0.2, 0) is 0 Å². The molecule has 1 aromatic carbocycles. The second-order valence-electron chi connectivity index (χ2n) is 2.09. The van der Waals surface area contributed by atoms with Crippen molar-refractivity contribution in [1.82, 2.24) is 0 Å². The number of benzene rings is 1. The molecule has 0 aliphatic rings. The van der Waals surface area contributed by atoms with E-state index in [2.05, 4.69) is 0 Å². The summed E-state index contributed by atoms with van der Waals surface area (Å²) in [5, 5.41) is 9.02. The van der Waals surface area contributed by atoms with E-state index in [1.54, 1.807) is 6.92 Å². The molecule has 2 heteroatoms. The van der Waals surface area contributed by atoms with Gasteiger partial charge in [-0.25, -0.2) is 0 Å². The van der Waals surface area contributed by atoms with Gasteiger partial charge in [0.2, 0.25) is 0 Å². The van der Waals surface area contributed by atoms with Crippen molar-refractivity contribution in [2.45, 2.75) is 13.0 Å². The van der Waals surface area contributed by atoms with E-state index in [1.807, 2.05) is 30.3 Å². The van der Waals surface area contributed by atoms with E-state index >= 15 is 0 Å². The van der Waals surface area contributed by atoms with Crippen LogP contribution < -0.4 is 0 Å². The van der Waals surface area contributed by atoms with Crippen LogP contribution in [0.4, 0.5) is 0 Å². The summed E-state index contributed by atoms with van der Waals surface area (Å²) in [4.78, 5) is 0. The molecule has 0 aliphatic heterocycles. The number of hydrogen-bond acceptors (Lipinski definition) is 1. The minimum absolute atomic E-state index is 0. The van der Waals surface area contributed by atoms with Crippen molar-refractivity contribution >= 4 is 37.7 Å². The van der Waals surface area contributed by atoms with E-state index in [9.17, 15) is 0 Å². The zero-order valence-electron chi connectivity index (χ0n) is 5.41. The van der Waals surface area contributed by atoms with Crippen LogP contribution in [0, 0.1) is 0 Å². The maximum absolute atomic E-state index is 9.02. The first-order chi connectivity index (χ1) is 4.30. The van der Waals surface area contributed by atoms with Gasteiger partial charge in [-0.3, -0.25) is 0 Å². The van der Waals surface area contributed by atoms with Crippen LogP contribution in [0.2, 0.25) is 0 Å². The molecule has 0 amide bonds. The molecule has 0 bridgehead atoms. The summed E-state index contributed by atoms with van der Waals surface area (Å²) in [5.41, 5.74) is 0.970. The predicted molar refractivity (Wildman–Crippen MR) is 45.6 cm³/mol. The molecular formula is C8H12CaO. The van der Waals surface area contributed by atoms with Crippen LogP contribution in [0.5, 0.6) is 0 Å². The standard InChI is InChI=1S/C8H10O.Ca.2H/c1-7(9)8-5-3-2-4-6-8;;;/h2-7,9H,1H3;;;. The number of aliphatic hydroxyl groups excluding tert-OH is 1. The second-order valence-corrected chi connectivity index (χ2v) is 2.09. The molecule has 0 saturated heterocycles. The Hall–Kier alpha value is 0.440. The number of rotatable bonds is 1. The van der Waals surface area contributed by atoms with Crippen LogP contribution in [-0.4, -0.2) is 42.8 Å². The molecule has 1 rings (SSSR count). The Morgan fingerprint density at radius 3 is 2.00 bits per heavy atom. The van der Waals surface area contributed by atoms with Crippen molar-refractivity contribution in [3.8, 4) is 0 Å². The summed E-state index contributed by atoms with van der Waals surface area (Å²) in [5.74, 6) is 0. The predicted octanol–water partition coefficient (Wildman–Crippen LogP) is 0.824. The number of hydrogen-bond donors (Lipinski definition) is 1. The fourth-order valence-electron chi connectivity index (χ4n) is 0.732. The molecule has 1 unspecified atom stereocenters. The van der Waals surface area contributed by atoms with Crippen LogP contribution in [0.15, 0.2) is 30.3 Å². The molecule has 1 atom stereocenters. The average molecular weight is 164 g/mol. The molecule has 52 valence electrons. The molecule has 1 aromatic rings. The van der Waals surface area contributed by atoms with Gasteiger partial charge in [-0.1, -0.05) is 30.3 Å². The second kappa shape index (κ2) is 5.14. The Kier molecular flexibility index (Phi) is 5.36. The van der Waals surface area contributed by atoms with Gasteiger partial charge in [-0.15, -0.1) is 0 Å². The molecule has 0 radical (unpaired) electrons. The van der Waals surface area contributed by atoms with Crippen molar-refractivity contribution in [2.75, 3.05) is 0 Å². The van der Waals surface area contributed by atoms with E-state index in [0.29, 0.717) is 0 Å². The molecule has 1 N–H and O–H groups in total.